The molecule has 29 heavy (non-hydrogen) atoms. The number of hydrogen-bond acceptors (Lipinski definition) is 6. The predicted molar refractivity (Wildman–Crippen MR) is 109 cm³/mol. The minimum atomic E-state index is -0.301. The van der Waals surface area contributed by atoms with E-state index in [9.17, 15) is 9.18 Å². The highest BCUT2D eigenvalue weighted by molar-refractivity contribution is 7.16. The van der Waals surface area contributed by atoms with E-state index in [1.165, 1.54) is 6.20 Å². The van der Waals surface area contributed by atoms with Crippen LogP contribution >= 0.6 is 11.3 Å². The Balaban J connectivity index is 1.20. The fourth-order valence-corrected chi connectivity index (χ4v) is 5.27. The molecule has 1 amide bonds. The highest BCUT2D eigenvalue weighted by Gasteiger charge is 2.42. The largest absolute Gasteiger partial charge is 0.367 e. The van der Waals surface area contributed by atoms with E-state index < -0.39 is 0 Å². The van der Waals surface area contributed by atoms with Crippen molar-refractivity contribution in [2.45, 2.75) is 31.5 Å². The van der Waals surface area contributed by atoms with Crippen LogP contribution in [0.4, 0.5) is 10.1 Å². The quantitative estimate of drug-likeness (QED) is 0.644. The second-order valence-corrected chi connectivity index (χ2v) is 8.38. The Morgan fingerprint density at radius 1 is 1.24 bits per heavy atom. The molecule has 2 unspecified atom stereocenters. The molecule has 6 nitrogen and oxygen atoms in total. The van der Waals surface area contributed by atoms with Crippen LogP contribution in [0.2, 0.25) is 0 Å². The Hall–Kier alpha value is -2.58. The Morgan fingerprint density at radius 2 is 2.07 bits per heavy atom. The van der Waals surface area contributed by atoms with E-state index in [0.29, 0.717) is 25.4 Å². The molecular formula is C21H21FN4O2S. The standard InChI is InChI=1S/C21H21FN4O2S/c22-17-8-23-7-6-19(17)26-15-4-5-16(26)10-25(9-15)20(27)12-28-11-14-2-1-3-18-21(14)29-13-24-18/h1-3,6-8,13,15-16H,4-5,9-12H2. The minimum Gasteiger partial charge on any atom is -0.367 e. The van der Waals surface area contributed by atoms with Gasteiger partial charge in [-0.1, -0.05) is 12.1 Å². The molecule has 8 heteroatoms. The summed E-state index contributed by atoms with van der Waals surface area (Å²) in [5.74, 6) is -0.307. The van der Waals surface area contributed by atoms with Gasteiger partial charge in [0, 0.05) is 31.4 Å². The smallest absolute Gasteiger partial charge is 0.248 e. The number of fused-ring (bicyclic) bond motifs is 3. The number of anilines is 1. The summed E-state index contributed by atoms with van der Waals surface area (Å²) in [5, 5.41) is 0. The molecule has 2 aromatic heterocycles. The van der Waals surface area contributed by atoms with Gasteiger partial charge in [0.1, 0.15) is 6.61 Å². The number of thiazole rings is 1. The first-order valence-corrected chi connectivity index (χ1v) is 10.6. The van der Waals surface area contributed by atoms with E-state index in [1.54, 1.807) is 23.6 Å². The third kappa shape index (κ3) is 3.47. The second-order valence-electron chi connectivity index (χ2n) is 7.53. The van der Waals surface area contributed by atoms with Crippen LogP contribution in [0.25, 0.3) is 10.2 Å². The maximum absolute atomic E-state index is 14.2. The summed E-state index contributed by atoms with van der Waals surface area (Å²) in [6.07, 6.45) is 4.80. The van der Waals surface area contributed by atoms with E-state index in [-0.39, 0.29) is 30.4 Å². The summed E-state index contributed by atoms with van der Waals surface area (Å²) < 4.78 is 21.1. The number of benzene rings is 1. The van der Waals surface area contributed by atoms with E-state index >= 15 is 0 Å². The van der Waals surface area contributed by atoms with Crippen LogP contribution in [0, 0.1) is 5.82 Å². The lowest BCUT2D eigenvalue weighted by atomic mass is 10.1. The molecule has 150 valence electrons. The fraction of sp³-hybridized carbons (Fsp3) is 0.381. The van der Waals surface area contributed by atoms with E-state index in [1.807, 2.05) is 28.6 Å². The number of carbonyl (C=O) groups is 1. The van der Waals surface area contributed by atoms with Gasteiger partial charge < -0.3 is 14.5 Å². The Bertz CT molecular complexity index is 1030. The molecule has 2 aliphatic heterocycles. The lowest BCUT2D eigenvalue weighted by Gasteiger charge is -2.42. The summed E-state index contributed by atoms with van der Waals surface area (Å²) in [6.45, 7) is 1.65. The molecule has 0 spiro atoms. The summed E-state index contributed by atoms with van der Waals surface area (Å²) in [6, 6.07) is 7.94. The molecule has 2 fully saturated rings. The van der Waals surface area contributed by atoms with Crippen LogP contribution in [0.1, 0.15) is 18.4 Å². The maximum atomic E-state index is 14.2. The zero-order valence-electron chi connectivity index (χ0n) is 15.8. The number of amides is 1. The molecule has 2 saturated heterocycles. The van der Waals surface area contributed by atoms with Gasteiger partial charge in [-0.3, -0.25) is 9.78 Å². The number of hydrogen-bond donors (Lipinski definition) is 0. The first-order valence-electron chi connectivity index (χ1n) is 9.75. The lowest BCUT2D eigenvalue weighted by molar-refractivity contribution is -0.137. The topological polar surface area (TPSA) is 58.6 Å². The molecule has 1 aromatic carbocycles. The number of aromatic nitrogens is 2. The SMILES string of the molecule is O=C(COCc1cccc2ncsc12)N1CC2CCC(C1)N2c1ccncc1F. The molecule has 0 aliphatic carbocycles. The van der Waals surface area contributed by atoms with Crippen molar-refractivity contribution in [2.75, 3.05) is 24.6 Å². The van der Waals surface area contributed by atoms with Crippen molar-refractivity contribution in [3.8, 4) is 0 Å². The van der Waals surface area contributed by atoms with Crippen LogP contribution in [-0.4, -0.2) is 52.6 Å². The predicted octanol–water partition coefficient (Wildman–Crippen LogP) is 3.23. The maximum Gasteiger partial charge on any atom is 0.248 e. The van der Waals surface area contributed by atoms with E-state index in [4.69, 9.17) is 4.74 Å². The molecule has 2 aliphatic rings. The number of likely N-dealkylation sites (tertiary alicyclic amines) is 1. The van der Waals surface area contributed by atoms with Gasteiger partial charge in [0.25, 0.3) is 0 Å². The Kier molecular flexibility index (Phi) is 4.89. The van der Waals surface area contributed by atoms with E-state index in [0.717, 1.165) is 28.6 Å². The van der Waals surface area contributed by atoms with Gasteiger partial charge in [-0.2, -0.15) is 0 Å². The van der Waals surface area contributed by atoms with Crippen LogP contribution < -0.4 is 4.90 Å². The van der Waals surface area contributed by atoms with Crippen LogP contribution in [0.5, 0.6) is 0 Å². The zero-order chi connectivity index (χ0) is 19.8. The average Bonchev–Trinajstić information content (AvgIpc) is 3.30. The second kappa shape index (κ2) is 7.68. The van der Waals surface area contributed by atoms with Crippen molar-refractivity contribution in [3.63, 3.8) is 0 Å². The van der Waals surface area contributed by atoms with Crippen molar-refractivity contribution in [2.24, 2.45) is 0 Å². The fourth-order valence-electron chi connectivity index (χ4n) is 4.48. The third-order valence-electron chi connectivity index (χ3n) is 5.79. The normalized spacial score (nSPS) is 21.1. The van der Waals surface area contributed by atoms with Crippen LogP contribution in [0.3, 0.4) is 0 Å². The van der Waals surface area contributed by atoms with Crippen molar-refractivity contribution in [1.82, 2.24) is 14.9 Å². The molecule has 0 N–H and O–H groups in total. The van der Waals surface area contributed by atoms with Gasteiger partial charge in [0.15, 0.2) is 5.82 Å². The molecule has 2 bridgehead atoms. The molecule has 3 aromatic rings. The zero-order valence-corrected chi connectivity index (χ0v) is 16.6. The summed E-state index contributed by atoms with van der Waals surface area (Å²) >= 11 is 1.58. The van der Waals surface area contributed by atoms with Crippen molar-refractivity contribution >= 4 is 33.1 Å². The monoisotopic (exact) mass is 412 g/mol. The molecule has 5 rings (SSSR count). The van der Waals surface area contributed by atoms with Gasteiger partial charge >= 0.3 is 0 Å². The average molecular weight is 412 g/mol. The molecule has 0 saturated carbocycles. The van der Waals surface area contributed by atoms with Gasteiger partial charge in [-0.05, 0) is 30.5 Å². The first-order chi connectivity index (χ1) is 14.2. The Labute approximate surface area is 171 Å². The van der Waals surface area contributed by atoms with Gasteiger partial charge in [-0.15, -0.1) is 11.3 Å². The van der Waals surface area contributed by atoms with Crippen molar-refractivity contribution in [3.05, 3.63) is 53.6 Å². The molecule has 4 heterocycles. The van der Waals surface area contributed by atoms with Crippen LogP contribution in [-0.2, 0) is 16.1 Å². The summed E-state index contributed by atoms with van der Waals surface area (Å²) in [7, 11) is 0. The molecular weight excluding hydrogens is 391 g/mol. The summed E-state index contributed by atoms with van der Waals surface area (Å²) in [5.41, 5.74) is 4.42. The molecule has 2 atom stereocenters. The van der Waals surface area contributed by atoms with Crippen molar-refractivity contribution < 1.29 is 13.9 Å². The highest BCUT2D eigenvalue weighted by Crippen LogP contribution is 2.36. The van der Waals surface area contributed by atoms with Crippen molar-refractivity contribution in [1.29, 1.82) is 0 Å². The van der Waals surface area contributed by atoms with Crippen LogP contribution in [0.15, 0.2) is 42.2 Å². The number of halogens is 1. The third-order valence-corrected chi connectivity index (χ3v) is 6.70. The van der Waals surface area contributed by atoms with E-state index in [2.05, 4.69) is 14.9 Å². The summed E-state index contributed by atoms with van der Waals surface area (Å²) in [4.78, 5) is 24.9. The lowest BCUT2D eigenvalue weighted by Crippen LogP contribution is -2.56. The number of pyridine rings is 1. The highest BCUT2D eigenvalue weighted by atomic mass is 32.1. The Morgan fingerprint density at radius 3 is 2.86 bits per heavy atom. The number of nitrogens with zero attached hydrogens (tertiary/aromatic N) is 4. The number of rotatable bonds is 5. The van der Waals surface area contributed by atoms with Gasteiger partial charge in [0.2, 0.25) is 5.91 Å². The number of carbonyl (C=O) groups excluding carboxylic acids is 1. The minimum absolute atomic E-state index is 0.00627. The first kappa shape index (κ1) is 18.4. The molecule has 0 radical (unpaired) electrons. The number of ether oxygens (including phenoxy) is 1. The van der Waals surface area contributed by atoms with Gasteiger partial charge in [0.05, 0.1) is 34.2 Å². The number of piperazine rings is 1. The van der Waals surface area contributed by atoms with Gasteiger partial charge in [-0.25, -0.2) is 9.37 Å².